The SMILES string of the molecule is Cc1ccc(C2N3CN4CN(C3)C[NH+]2C4)c(C)c1.[Cl-]. The van der Waals surface area contributed by atoms with Crippen LogP contribution in [0.5, 0.6) is 0 Å². The van der Waals surface area contributed by atoms with Gasteiger partial charge in [-0.2, -0.15) is 0 Å². The number of nitrogens with one attached hydrogen (secondary N) is 1. The van der Waals surface area contributed by atoms with Gasteiger partial charge in [0.05, 0.1) is 20.0 Å². The molecule has 0 aromatic heterocycles. The van der Waals surface area contributed by atoms with Crippen LogP contribution in [-0.4, -0.2) is 48.0 Å². The standard InChI is InChI=1S/C14H20N4.ClH/c1-11-3-4-13(12(2)5-11)14-17-7-15-6-16(9-17)10-18(14)8-15;/h3-5,14H,6-10H2,1-2H3;1H. The molecule has 0 saturated carbocycles. The number of hydrogen-bond donors (Lipinski definition) is 1. The highest BCUT2D eigenvalue weighted by Gasteiger charge is 2.47. The Kier molecular flexibility index (Phi) is 3.31. The van der Waals surface area contributed by atoms with Gasteiger partial charge < -0.3 is 12.4 Å². The minimum absolute atomic E-state index is 0. The average molecular weight is 281 g/mol. The first kappa shape index (κ1) is 13.3. The van der Waals surface area contributed by atoms with E-state index in [-0.39, 0.29) is 12.4 Å². The maximum atomic E-state index is 2.61. The van der Waals surface area contributed by atoms with Crippen LogP contribution in [0.3, 0.4) is 0 Å². The molecular weight excluding hydrogens is 260 g/mol. The molecule has 19 heavy (non-hydrogen) atoms. The van der Waals surface area contributed by atoms with E-state index in [0.29, 0.717) is 6.17 Å². The van der Waals surface area contributed by atoms with E-state index < -0.39 is 0 Å². The Morgan fingerprint density at radius 1 is 1.05 bits per heavy atom. The summed E-state index contributed by atoms with van der Waals surface area (Å²) in [6.45, 7) is 10.3. The van der Waals surface area contributed by atoms with E-state index in [1.807, 2.05) is 0 Å². The molecule has 0 spiro atoms. The van der Waals surface area contributed by atoms with Gasteiger partial charge >= 0.3 is 0 Å². The quantitative estimate of drug-likeness (QED) is 0.587. The fourth-order valence-electron chi connectivity index (χ4n) is 3.90. The van der Waals surface area contributed by atoms with Gasteiger partial charge in [0.25, 0.3) is 0 Å². The van der Waals surface area contributed by atoms with Crippen molar-refractivity contribution in [2.24, 2.45) is 0 Å². The molecule has 0 radical (unpaired) electrons. The molecule has 5 rings (SSSR count). The second-order valence-electron chi connectivity index (χ2n) is 6.09. The molecular formula is C14H21ClN4. The Morgan fingerprint density at radius 2 is 1.74 bits per heavy atom. The van der Waals surface area contributed by atoms with Crippen LogP contribution < -0.4 is 17.3 Å². The molecule has 1 N–H and O–H groups in total. The minimum Gasteiger partial charge on any atom is -1.00 e. The summed E-state index contributed by atoms with van der Waals surface area (Å²) in [6.07, 6.45) is 0.568. The molecule has 1 aromatic carbocycles. The van der Waals surface area contributed by atoms with Gasteiger partial charge in [-0.15, -0.1) is 0 Å². The third-order valence-corrected chi connectivity index (χ3v) is 4.49. The van der Waals surface area contributed by atoms with Crippen LogP contribution in [-0.2, 0) is 0 Å². The molecule has 4 saturated heterocycles. The van der Waals surface area contributed by atoms with Crippen molar-refractivity contribution < 1.29 is 17.3 Å². The molecule has 4 heterocycles. The largest absolute Gasteiger partial charge is 1.00 e. The molecule has 1 aromatic rings. The summed E-state index contributed by atoms with van der Waals surface area (Å²) < 4.78 is 0. The van der Waals surface area contributed by atoms with E-state index >= 15 is 0 Å². The van der Waals surface area contributed by atoms with Crippen LogP contribution in [0.15, 0.2) is 18.2 Å². The number of hydrogen-bond acceptors (Lipinski definition) is 3. The Bertz CT molecular complexity index is 462. The average Bonchev–Trinajstić information content (AvgIpc) is 2.30. The Balaban J connectivity index is 0.00000110. The van der Waals surface area contributed by atoms with Crippen LogP contribution in [0.2, 0.25) is 0 Å². The molecule has 4 fully saturated rings. The molecule has 3 unspecified atom stereocenters. The summed E-state index contributed by atoms with van der Waals surface area (Å²) in [5, 5.41) is 0. The summed E-state index contributed by atoms with van der Waals surface area (Å²) in [4.78, 5) is 9.39. The predicted octanol–water partition coefficient (Wildman–Crippen LogP) is -3.07. The van der Waals surface area contributed by atoms with Crippen molar-refractivity contribution in [2.75, 3.05) is 33.3 Å². The van der Waals surface area contributed by atoms with Gasteiger partial charge in [-0.3, -0.25) is 4.90 Å². The van der Waals surface area contributed by atoms with Gasteiger partial charge in [0.2, 0.25) is 0 Å². The molecule has 0 aliphatic carbocycles. The van der Waals surface area contributed by atoms with Gasteiger partial charge in [0, 0.05) is 5.56 Å². The minimum atomic E-state index is 0. The van der Waals surface area contributed by atoms with Crippen LogP contribution in [0.1, 0.15) is 22.9 Å². The van der Waals surface area contributed by atoms with Gasteiger partial charge in [-0.25, -0.2) is 14.7 Å². The highest BCUT2D eigenvalue weighted by atomic mass is 35.5. The van der Waals surface area contributed by atoms with Crippen molar-refractivity contribution in [2.45, 2.75) is 20.0 Å². The molecule has 5 heteroatoms. The van der Waals surface area contributed by atoms with Crippen LogP contribution in [0.25, 0.3) is 0 Å². The van der Waals surface area contributed by atoms with Crippen molar-refractivity contribution in [1.82, 2.24) is 14.7 Å². The number of benzene rings is 1. The van der Waals surface area contributed by atoms with Crippen molar-refractivity contribution in [1.29, 1.82) is 0 Å². The van der Waals surface area contributed by atoms with Crippen molar-refractivity contribution in [3.05, 3.63) is 34.9 Å². The third-order valence-electron chi connectivity index (χ3n) is 4.49. The van der Waals surface area contributed by atoms with E-state index in [1.54, 1.807) is 4.90 Å². The molecule has 0 amide bonds. The third kappa shape index (κ3) is 2.08. The Labute approximate surface area is 121 Å². The zero-order valence-electron chi connectivity index (χ0n) is 11.6. The summed E-state index contributed by atoms with van der Waals surface area (Å²) in [7, 11) is 0. The van der Waals surface area contributed by atoms with Crippen molar-refractivity contribution >= 4 is 0 Å². The fraction of sp³-hybridized carbons (Fsp3) is 0.571. The fourth-order valence-corrected chi connectivity index (χ4v) is 3.90. The topological polar surface area (TPSA) is 14.2 Å². The first-order valence-corrected chi connectivity index (χ1v) is 6.81. The van der Waals surface area contributed by atoms with E-state index in [0.717, 1.165) is 13.3 Å². The second kappa shape index (κ2) is 4.72. The first-order chi connectivity index (χ1) is 8.70. The number of rotatable bonds is 1. The molecule has 104 valence electrons. The molecule has 4 nitrogen and oxygen atoms in total. The molecule has 4 aliphatic rings. The van der Waals surface area contributed by atoms with Gasteiger partial charge in [-0.1, -0.05) is 23.8 Å². The van der Waals surface area contributed by atoms with Crippen molar-refractivity contribution in [3.8, 4) is 0 Å². The lowest BCUT2D eigenvalue weighted by molar-refractivity contribution is -0.990. The zero-order valence-corrected chi connectivity index (χ0v) is 12.3. The summed E-state index contributed by atoms with van der Waals surface area (Å²) in [5.41, 5.74) is 4.34. The number of aryl methyl sites for hydroxylation is 2. The smallest absolute Gasteiger partial charge is 0.174 e. The lowest BCUT2D eigenvalue weighted by Crippen LogP contribution is -3.22. The zero-order chi connectivity index (χ0) is 12.3. The van der Waals surface area contributed by atoms with Crippen LogP contribution >= 0.6 is 0 Å². The normalized spacial score (nSPS) is 39.2. The lowest BCUT2D eigenvalue weighted by Gasteiger charge is -2.57. The van der Waals surface area contributed by atoms with Crippen LogP contribution in [0, 0.1) is 13.8 Å². The molecule has 3 atom stereocenters. The summed E-state index contributed by atoms with van der Waals surface area (Å²) in [6, 6.07) is 6.92. The maximum absolute atomic E-state index is 2.61. The molecule has 4 bridgehead atoms. The van der Waals surface area contributed by atoms with E-state index in [9.17, 15) is 0 Å². The maximum Gasteiger partial charge on any atom is 0.174 e. The number of halogens is 1. The highest BCUT2D eigenvalue weighted by molar-refractivity contribution is 5.32. The number of quaternary nitrogens is 1. The van der Waals surface area contributed by atoms with Gasteiger partial charge in [0.15, 0.2) is 6.17 Å². The van der Waals surface area contributed by atoms with Crippen LogP contribution in [0.4, 0.5) is 0 Å². The number of nitrogens with zero attached hydrogens (tertiary/aromatic N) is 3. The predicted molar refractivity (Wildman–Crippen MR) is 69.5 cm³/mol. The summed E-state index contributed by atoms with van der Waals surface area (Å²) in [5.74, 6) is 0. The van der Waals surface area contributed by atoms with E-state index in [1.165, 1.54) is 36.7 Å². The second-order valence-corrected chi connectivity index (χ2v) is 6.09. The summed E-state index contributed by atoms with van der Waals surface area (Å²) >= 11 is 0. The molecule has 4 aliphatic heterocycles. The Morgan fingerprint density at radius 3 is 2.32 bits per heavy atom. The van der Waals surface area contributed by atoms with E-state index in [2.05, 4.69) is 46.7 Å². The highest BCUT2D eigenvalue weighted by Crippen LogP contribution is 2.27. The Hall–Kier alpha value is -0.650. The first-order valence-electron chi connectivity index (χ1n) is 6.81. The van der Waals surface area contributed by atoms with E-state index in [4.69, 9.17) is 0 Å². The van der Waals surface area contributed by atoms with Crippen molar-refractivity contribution in [3.63, 3.8) is 0 Å². The van der Waals surface area contributed by atoms with Gasteiger partial charge in [-0.05, 0) is 19.4 Å². The van der Waals surface area contributed by atoms with Gasteiger partial charge in [0.1, 0.15) is 13.3 Å². The monoisotopic (exact) mass is 280 g/mol. The lowest BCUT2D eigenvalue weighted by atomic mass is 10.0.